The Morgan fingerprint density at radius 3 is 2.44 bits per heavy atom. The highest BCUT2D eigenvalue weighted by atomic mass is 16.3. The van der Waals surface area contributed by atoms with E-state index in [1.165, 1.54) is 0 Å². The molecule has 16 heavy (non-hydrogen) atoms. The molecule has 1 aromatic heterocycles. The van der Waals surface area contributed by atoms with Gasteiger partial charge in [0.25, 0.3) is 0 Å². The van der Waals surface area contributed by atoms with Crippen molar-refractivity contribution in [3.8, 4) is 11.8 Å². The summed E-state index contributed by atoms with van der Waals surface area (Å²) in [6.07, 6.45) is 0. The zero-order chi connectivity index (χ0) is 11.8. The van der Waals surface area contributed by atoms with Gasteiger partial charge in [-0.2, -0.15) is 0 Å². The third-order valence-corrected chi connectivity index (χ3v) is 2.39. The van der Waals surface area contributed by atoms with Gasteiger partial charge in [-0.1, -0.05) is 24.1 Å². The Balaban J connectivity index is 2.53. The molecule has 0 atom stereocenters. The lowest BCUT2D eigenvalue weighted by Crippen LogP contribution is -1.99. The molecule has 0 bridgehead atoms. The number of rotatable bonds is 0. The van der Waals surface area contributed by atoms with E-state index in [0.29, 0.717) is 0 Å². The minimum Gasteiger partial charge on any atom is -0.447 e. The highest BCUT2D eigenvalue weighted by Crippen LogP contribution is 2.24. The van der Waals surface area contributed by atoms with Crippen molar-refractivity contribution in [3.63, 3.8) is 0 Å². The van der Waals surface area contributed by atoms with Gasteiger partial charge in [-0.3, -0.25) is 0 Å². The molecule has 0 unspecified atom stereocenters. The summed E-state index contributed by atoms with van der Waals surface area (Å²) in [5.41, 5.74) is 2.05. The van der Waals surface area contributed by atoms with Crippen LogP contribution in [0, 0.1) is 24.2 Å². The van der Waals surface area contributed by atoms with E-state index in [9.17, 15) is 0 Å². The molecule has 0 saturated carbocycles. The highest BCUT2D eigenvalue weighted by Gasteiger charge is 2.09. The van der Waals surface area contributed by atoms with Crippen LogP contribution in [0.15, 0.2) is 28.7 Å². The standard InChI is InChI=1S/C15H16O/c1-11-12-7-5-6-8-14(12)16-13(11)9-10-15(2,3)4/h5-8H,1-4H3. The monoisotopic (exact) mass is 212 g/mol. The summed E-state index contributed by atoms with van der Waals surface area (Å²) >= 11 is 0. The van der Waals surface area contributed by atoms with E-state index in [1.54, 1.807) is 0 Å². The van der Waals surface area contributed by atoms with Crippen molar-refractivity contribution < 1.29 is 4.42 Å². The SMILES string of the molecule is Cc1c(C#CC(C)(C)C)oc2ccccc12. The number of hydrogen-bond donors (Lipinski definition) is 0. The summed E-state index contributed by atoms with van der Waals surface area (Å²) in [6.45, 7) is 8.34. The van der Waals surface area contributed by atoms with Crippen LogP contribution in [0.3, 0.4) is 0 Å². The first-order valence-corrected chi connectivity index (χ1v) is 5.49. The third kappa shape index (κ3) is 2.12. The van der Waals surface area contributed by atoms with Gasteiger partial charge in [0.1, 0.15) is 5.58 Å². The molecule has 0 N–H and O–H groups in total. The Bertz CT molecular complexity index is 571. The van der Waals surface area contributed by atoms with Crippen LogP contribution in [0.4, 0.5) is 0 Å². The molecule has 0 amide bonds. The predicted octanol–water partition coefficient (Wildman–Crippen LogP) is 4.14. The number of furan rings is 1. The fraction of sp³-hybridized carbons (Fsp3) is 0.333. The van der Waals surface area contributed by atoms with Gasteiger partial charge in [-0.15, -0.1) is 0 Å². The van der Waals surface area contributed by atoms with Crippen molar-refractivity contribution in [2.75, 3.05) is 0 Å². The van der Waals surface area contributed by atoms with Gasteiger partial charge >= 0.3 is 0 Å². The summed E-state index contributed by atoms with van der Waals surface area (Å²) in [4.78, 5) is 0. The number of fused-ring (bicyclic) bond motifs is 1. The molecule has 0 aliphatic carbocycles. The number of para-hydroxylation sites is 1. The first kappa shape index (κ1) is 10.8. The number of aryl methyl sites for hydroxylation is 1. The summed E-state index contributed by atoms with van der Waals surface area (Å²) < 4.78 is 5.72. The minimum absolute atomic E-state index is 0.00537. The largest absolute Gasteiger partial charge is 0.447 e. The molecule has 82 valence electrons. The van der Waals surface area contributed by atoms with Crippen molar-refractivity contribution >= 4 is 11.0 Å². The van der Waals surface area contributed by atoms with Crippen LogP contribution >= 0.6 is 0 Å². The first-order chi connectivity index (χ1) is 7.47. The lowest BCUT2D eigenvalue weighted by Gasteiger charge is -2.06. The molecule has 0 radical (unpaired) electrons. The van der Waals surface area contributed by atoms with E-state index in [-0.39, 0.29) is 5.41 Å². The normalized spacial score (nSPS) is 11.2. The van der Waals surface area contributed by atoms with Crippen LogP contribution in [-0.2, 0) is 0 Å². The molecule has 1 heterocycles. The molecular weight excluding hydrogens is 196 g/mol. The molecule has 0 aliphatic rings. The summed E-state index contributed by atoms with van der Waals surface area (Å²) in [7, 11) is 0. The van der Waals surface area contributed by atoms with Gasteiger partial charge in [0.15, 0.2) is 5.76 Å². The zero-order valence-electron chi connectivity index (χ0n) is 10.2. The maximum atomic E-state index is 5.72. The molecule has 2 rings (SSSR count). The van der Waals surface area contributed by atoms with E-state index in [2.05, 4.69) is 45.6 Å². The number of benzene rings is 1. The van der Waals surface area contributed by atoms with Gasteiger partial charge in [0.05, 0.1) is 0 Å². The first-order valence-electron chi connectivity index (χ1n) is 5.49. The lowest BCUT2D eigenvalue weighted by molar-refractivity contribution is 0.566. The molecule has 0 spiro atoms. The van der Waals surface area contributed by atoms with E-state index in [4.69, 9.17) is 4.42 Å². The van der Waals surface area contributed by atoms with E-state index < -0.39 is 0 Å². The van der Waals surface area contributed by atoms with Gasteiger partial charge < -0.3 is 4.42 Å². The average Bonchev–Trinajstić information content (AvgIpc) is 2.53. The molecule has 0 fully saturated rings. The van der Waals surface area contributed by atoms with E-state index in [1.807, 2.05) is 18.2 Å². The molecule has 1 aromatic carbocycles. The molecule has 1 nitrogen and oxygen atoms in total. The van der Waals surface area contributed by atoms with Gasteiger partial charge in [-0.05, 0) is 39.7 Å². The zero-order valence-corrected chi connectivity index (χ0v) is 10.2. The van der Waals surface area contributed by atoms with Crippen molar-refractivity contribution in [1.82, 2.24) is 0 Å². The predicted molar refractivity (Wildman–Crippen MR) is 67.3 cm³/mol. The van der Waals surface area contributed by atoms with Crippen LogP contribution in [0.25, 0.3) is 11.0 Å². The topological polar surface area (TPSA) is 13.1 Å². The van der Waals surface area contributed by atoms with Gasteiger partial charge in [-0.25, -0.2) is 0 Å². The lowest BCUT2D eigenvalue weighted by atomic mass is 9.98. The second kappa shape index (κ2) is 3.72. The van der Waals surface area contributed by atoms with Gasteiger partial charge in [0.2, 0.25) is 0 Å². The van der Waals surface area contributed by atoms with Crippen LogP contribution in [0.1, 0.15) is 32.1 Å². The Morgan fingerprint density at radius 1 is 1.12 bits per heavy atom. The maximum Gasteiger partial charge on any atom is 0.181 e. The Labute approximate surface area is 96.5 Å². The molecule has 0 saturated heterocycles. The smallest absolute Gasteiger partial charge is 0.181 e. The van der Waals surface area contributed by atoms with Crippen molar-refractivity contribution in [2.24, 2.45) is 5.41 Å². The minimum atomic E-state index is 0.00537. The summed E-state index contributed by atoms with van der Waals surface area (Å²) in [6, 6.07) is 8.04. The Morgan fingerprint density at radius 2 is 1.81 bits per heavy atom. The maximum absolute atomic E-state index is 5.72. The fourth-order valence-corrected chi connectivity index (χ4v) is 1.54. The summed E-state index contributed by atoms with van der Waals surface area (Å²) in [5, 5.41) is 1.15. The van der Waals surface area contributed by atoms with E-state index in [0.717, 1.165) is 22.3 Å². The second-order valence-electron chi connectivity index (χ2n) is 5.05. The van der Waals surface area contributed by atoms with Crippen LogP contribution in [0.2, 0.25) is 0 Å². The highest BCUT2D eigenvalue weighted by molar-refractivity contribution is 5.82. The fourth-order valence-electron chi connectivity index (χ4n) is 1.54. The molecule has 1 heteroatoms. The van der Waals surface area contributed by atoms with Crippen LogP contribution in [0.5, 0.6) is 0 Å². The van der Waals surface area contributed by atoms with Crippen molar-refractivity contribution in [1.29, 1.82) is 0 Å². The quantitative estimate of drug-likeness (QED) is 0.598. The van der Waals surface area contributed by atoms with Crippen molar-refractivity contribution in [2.45, 2.75) is 27.7 Å². The molecular formula is C15H16O. The van der Waals surface area contributed by atoms with E-state index >= 15 is 0 Å². The Kier molecular flexibility index (Phi) is 2.52. The van der Waals surface area contributed by atoms with Crippen molar-refractivity contribution in [3.05, 3.63) is 35.6 Å². The van der Waals surface area contributed by atoms with Crippen LogP contribution in [-0.4, -0.2) is 0 Å². The number of hydrogen-bond acceptors (Lipinski definition) is 1. The average molecular weight is 212 g/mol. The summed E-state index contributed by atoms with van der Waals surface area (Å²) in [5.74, 6) is 7.11. The van der Waals surface area contributed by atoms with Crippen LogP contribution < -0.4 is 0 Å². The second-order valence-corrected chi connectivity index (χ2v) is 5.05. The Hall–Kier alpha value is -1.68. The molecule has 2 aromatic rings. The molecule has 0 aliphatic heterocycles. The third-order valence-electron chi connectivity index (χ3n) is 2.39. The van der Waals surface area contributed by atoms with Gasteiger partial charge in [0, 0.05) is 16.4 Å².